The lowest BCUT2D eigenvalue weighted by molar-refractivity contribution is 0.0988. The van der Waals surface area contributed by atoms with Gasteiger partial charge in [-0.05, 0) is 18.4 Å². The van der Waals surface area contributed by atoms with Crippen molar-refractivity contribution in [2.24, 2.45) is 5.92 Å². The minimum Gasteiger partial charge on any atom is -0.293 e. The van der Waals surface area contributed by atoms with E-state index in [1.807, 2.05) is 13.8 Å². The zero-order valence-corrected chi connectivity index (χ0v) is 14.9. The standard InChI is InChI=1S/C20H18F2N4O/c1-11(2)7-16-17-18(25-24-16)20(27)26(13-8-12(21)9-23-10-13)19(17)14-5-3-4-6-15(14)22/h3-6,8-11,19H,7H2,1-2H3,(H,24,25). The Morgan fingerprint density at radius 1 is 1.22 bits per heavy atom. The number of pyridine rings is 1. The van der Waals surface area contributed by atoms with Gasteiger partial charge in [-0.3, -0.25) is 19.8 Å². The lowest BCUT2D eigenvalue weighted by Crippen LogP contribution is -2.30. The number of carbonyl (C=O) groups is 1. The van der Waals surface area contributed by atoms with Gasteiger partial charge in [-0.15, -0.1) is 0 Å². The van der Waals surface area contributed by atoms with Crippen LogP contribution in [0.3, 0.4) is 0 Å². The van der Waals surface area contributed by atoms with Crippen molar-refractivity contribution in [1.82, 2.24) is 15.2 Å². The molecule has 0 radical (unpaired) electrons. The fourth-order valence-corrected chi connectivity index (χ4v) is 3.54. The summed E-state index contributed by atoms with van der Waals surface area (Å²) in [4.78, 5) is 18.3. The average Bonchev–Trinajstić information content (AvgIpc) is 3.14. The summed E-state index contributed by atoms with van der Waals surface area (Å²) in [5, 5.41) is 7.09. The van der Waals surface area contributed by atoms with Gasteiger partial charge in [0.25, 0.3) is 5.91 Å². The summed E-state index contributed by atoms with van der Waals surface area (Å²) < 4.78 is 28.4. The number of nitrogens with zero attached hydrogens (tertiary/aromatic N) is 3. The number of aromatic nitrogens is 3. The third-order valence-electron chi connectivity index (χ3n) is 4.62. The van der Waals surface area contributed by atoms with E-state index < -0.39 is 17.7 Å². The lowest BCUT2D eigenvalue weighted by Gasteiger charge is -2.26. The van der Waals surface area contributed by atoms with E-state index >= 15 is 0 Å². The molecule has 138 valence electrons. The third kappa shape index (κ3) is 2.89. The quantitative estimate of drug-likeness (QED) is 0.756. The Morgan fingerprint density at radius 2 is 2.00 bits per heavy atom. The van der Waals surface area contributed by atoms with Gasteiger partial charge < -0.3 is 0 Å². The molecule has 4 rings (SSSR count). The average molecular weight is 368 g/mol. The Hall–Kier alpha value is -3.09. The summed E-state index contributed by atoms with van der Waals surface area (Å²) >= 11 is 0. The second-order valence-corrected chi connectivity index (χ2v) is 7.02. The maximum Gasteiger partial charge on any atom is 0.277 e. The van der Waals surface area contributed by atoms with Gasteiger partial charge >= 0.3 is 0 Å². The predicted octanol–water partition coefficient (Wildman–Crippen LogP) is 4.03. The van der Waals surface area contributed by atoms with E-state index in [-0.39, 0.29) is 11.6 Å². The predicted molar refractivity (Wildman–Crippen MR) is 96.4 cm³/mol. The van der Waals surface area contributed by atoms with E-state index in [0.29, 0.717) is 34.9 Å². The van der Waals surface area contributed by atoms with Crippen molar-refractivity contribution in [2.45, 2.75) is 26.3 Å². The molecular formula is C20H18F2N4O. The molecule has 1 atom stereocenters. The number of H-pyrrole nitrogens is 1. The van der Waals surface area contributed by atoms with Crippen LogP contribution in [0.2, 0.25) is 0 Å². The number of aromatic amines is 1. The van der Waals surface area contributed by atoms with Crippen molar-refractivity contribution in [2.75, 3.05) is 4.90 Å². The Kier molecular flexibility index (Phi) is 4.22. The van der Waals surface area contributed by atoms with Gasteiger partial charge in [0, 0.05) is 17.2 Å². The van der Waals surface area contributed by atoms with Gasteiger partial charge in [-0.1, -0.05) is 32.0 Å². The molecule has 2 aromatic heterocycles. The smallest absolute Gasteiger partial charge is 0.277 e. The van der Waals surface area contributed by atoms with E-state index in [0.717, 1.165) is 6.20 Å². The molecule has 0 bridgehead atoms. The number of carbonyl (C=O) groups excluding carboxylic acids is 1. The highest BCUT2D eigenvalue weighted by Crippen LogP contribution is 2.43. The van der Waals surface area contributed by atoms with Crippen LogP contribution in [-0.2, 0) is 6.42 Å². The molecule has 1 amide bonds. The first kappa shape index (κ1) is 17.3. The highest BCUT2D eigenvalue weighted by molar-refractivity contribution is 6.10. The number of benzene rings is 1. The number of amides is 1. The van der Waals surface area contributed by atoms with Gasteiger partial charge in [0.05, 0.1) is 29.8 Å². The molecule has 27 heavy (non-hydrogen) atoms. The molecule has 3 heterocycles. The second-order valence-electron chi connectivity index (χ2n) is 7.02. The first-order chi connectivity index (χ1) is 13.0. The fraction of sp³-hybridized carbons (Fsp3) is 0.250. The van der Waals surface area contributed by atoms with Crippen LogP contribution in [-0.4, -0.2) is 21.1 Å². The SMILES string of the molecule is CC(C)Cc1n[nH]c2c1C(c1ccccc1F)N(c1cncc(F)c1)C2=O. The number of nitrogens with one attached hydrogen (secondary N) is 1. The molecule has 0 spiro atoms. The van der Waals surface area contributed by atoms with E-state index in [2.05, 4.69) is 15.2 Å². The van der Waals surface area contributed by atoms with Crippen molar-refractivity contribution < 1.29 is 13.6 Å². The summed E-state index contributed by atoms with van der Waals surface area (Å²) in [5.41, 5.74) is 2.27. The van der Waals surface area contributed by atoms with E-state index in [9.17, 15) is 13.6 Å². The molecule has 7 heteroatoms. The van der Waals surface area contributed by atoms with Gasteiger partial charge in [0.1, 0.15) is 17.3 Å². The molecule has 1 aliphatic heterocycles. The monoisotopic (exact) mass is 368 g/mol. The Balaban J connectivity index is 1.93. The summed E-state index contributed by atoms with van der Waals surface area (Å²) in [5.74, 6) is -1.08. The van der Waals surface area contributed by atoms with Gasteiger partial charge in [0.2, 0.25) is 0 Å². The number of hydrogen-bond acceptors (Lipinski definition) is 3. The van der Waals surface area contributed by atoms with Crippen LogP contribution in [0.4, 0.5) is 14.5 Å². The van der Waals surface area contributed by atoms with Crippen LogP contribution < -0.4 is 4.90 Å². The molecule has 0 saturated heterocycles. The van der Waals surface area contributed by atoms with Gasteiger partial charge in [-0.2, -0.15) is 5.10 Å². The Morgan fingerprint density at radius 3 is 2.70 bits per heavy atom. The van der Waals surface area contributed by atoms with Crippen molar-refractivity contribution in [3.63, 3.8) is 0 Å². The normalized spacial score (nSPS) is 16.3. The van der Waals surface area contributed by atoms with Crippen molar-refractivity contribution >= 4 is 11.6 Å². The molecular weight excluding hydrogens is 350 g/mol. The Bertz CT molecular complexity index is 1010. The highest BCUT2D eigenvalue weighted by atomic mass is 19.1. The first-order valence-corrected chi connectivity index (χ1v) is 8.73. The summed E-state index contributed by atoms with van der Waals surface area (Å²) in [6, 6.07) is 6.78. The topological polar surface area (TPSA) is 61.9 Å². The van der Waals surface area contributed by atoms with E-state index in [4.69, 9.17) is 0 Å². The van der Waals surface area contributed by atoms with E-state index in [1.54, 1.807) is 18.2 Å². The van der Waals surface area contributed by atoms with Crippen LogP contribution in [0.5, 0.6) is 0 Å². The van der Waals surface area contributed by atoms with Gasteiger partial charge in [-0.25, -0.2) is 8.78 Å². The molecule has 1 aliphatic rings. The maximum absolute atomic E-state index is 14.7. The number of halogens is 2. The molecule has 5 nitrogen and oxygen atoms in total. The lowest BCUT2D eigenvalue weighted by atomic mass is 9.95. The largest absolute Gasteiger partial charge is 0.293 e. The molecule has 3 aromatic rings. The minimum absolute atomic E-state index is 0.272. The molecule has 0 aliphatic carbocycles. The van der Waals surface area contributed by atoms with E-state index in [1.165, 1.54) is 23.2 Å². The summed E-state index contributed by atoms with van der Waals surface area (Å²) in [6.45, 7) is 4.09. The van der Waals surface area contributed by atoms with Crippen LogP contribution in [0.25, 0.3) is 0 Å². The second kappa shape index (κ2) is 6.57. The van der Waals surface area contributed by atoms with Crippen molar-refractivity contribution in [1.29, 1.82) is 0 Å². The van der Waals surface area contributed by atoms with Crippen LogP contribution in [0.15, 0.2) is 42.7 Å². The molecule has 1 unspecified atom stereocenters. The van der Waals surface area contributed by atoms with Crippen molar-refractivity contribution in [3.05, 3.63) is 76.9 Å². The number of rotatable bonds is 4. The maximum atomic E-state index is 14.7. The van der Waals surface area contributed by atoms with Crippen LogP contribution >= 0.6 is 0 Å². The zero-order valence-electron chi connectivity index (χ0n) is 14.9. The number of fused-ring (bicyclic) bond motifs is 1. The highest BCUT2D eigenvalue weighted by Gasteiger charge is 2.43. The summed E-state index contributed by atoms with van der Waals surface area (Å²) in [7, 11) is 0. The third-order valence-corrected chi connectivity index (χ3v) is 4.62. The fourth-order valence-electron chi connectivity index (χ4n) is 3.54. The zero-order chi connectivity index (χ0) is 19.1. The van der Waals surface area contributed by atoms with Crippen LogP contribution in [0.1, 0.15) is 47.2 Å². The Labute approximate surface area is 155 Å². The number of hydrogen-bond donors (Lipinski definition) is 1. The van der Waals surface area contributed by atoms with Crippen molar-refractivity contribution in [3.8, 4) is 0 Å². The molecule has 0 fully saturated rings. The first-order valence-electron chi connectivity index (χ1n) is 8.73. The van der Waals surface area contributed by atoms with Crippen LogP contribution in [0, 0.1) is 17.6 Å². The minimum atomic E-state index is -0.732. The number of anilines is 1. The molecule has 1 aromatic carbocycles. The molecule has 0 saturated carbocycles. The molecule has 1 N–H and O–H groups in total. The summed E-state index contributed by atoms with van der Waals surface area (Å²) in [6.07, 6.45) is 3.10. The van der Waals surface area contributed by atoms with Gasteiger partial charge in [0.15, 0.2) is 0 Å².